The summed E-state index contributed by atoms with van der Waals surface area (Å²) >= 11 is 0. The molecular formula is C39H34F2N4O. The van der Waals surface area contributed by atoms with Gasteiger partial charge in [-0.2, -0.15) is 5.10 Å². The largest absolute Gasteiger partial charge is 0.457 e. The number of hydrogen-bond acceptors (Lipinski definition) is 3. The minimum absolute atomic E-state index is 0.0176. The number of halogens is 2. The molecule has 0 bridgehead atoms. The van der Waals surface area contributed by atoms with Crippen LogP contribution in [0, 0.1) is 6.92 Å². The summed E-state index contributed by atoms with van der Waals surface area (Å²) in [7, 11) is 0. The van der Waals surface area contributed by atoms with Gasteiger partial charge in [-0.25, -0.2) is 18.4 Å². The lowest BCUT2D eigenvalue weighted by Crippen LogP contribution is -2.12. The van der Waals surface area contributed by atoms with Crippen molar-refractivity contribution in [3.05, 3.63) is 132 Å². The number of aromatic nitrogens is 4. The van der Waals surface area contributed by atoms with Gasteiger partial charge in [-0.1, -0.05) is 62.7 Å². The van der Waals surface area contributed by atoms with Gasteiger partial charge >= 0.3 is 0 Å². The second-order valence-electron chi connectivity index (χ2n) is 12.7. The number of fused-ring (bicyclic) bond motifs is 3. The number of benzene rings is 4. The highest BCUT2D eigenvalue weighted by Gasteiger charge is 2.19. The zero-order chi connectivity index (χ0) is 32.0. The predicted molar refractivity (Wildman–Crippen MR) is 181 cm³/mol. The average Bonchev–Trinajstić information content (AvgIpc) is 3.67. The Hall–Kier alpha value is -5.30. The van der Waals surface area contributed by atoms with Crippen molar-refractivity contribution in [3.63, 3.8) is 0 Å². The standard InChI is InChI=1S/C39H34F2N4O/c1-25-16-26(21-40)38(27(17-25)22-41)28-23-43-44(24-28)30-8-7-9-31(19-30)46-32-12-13-34-33-10-5-6-11-35(33)45(36(34)20-32)37-18-29(14-15-42-37)39(2,3)4/h5-20,23-24H,21-22H2,1-4H3. The molecule has 7 heteroatoms. The Morgan fingerprint density at radius 1 is 0.761 bits per heavy atom. The fourth-order valence-corrected chi connectivity index (χ4v) is 6.21. The fraction of sp³-hybridized carbons (Fsp3) is 0.179. The monoisotopic (exact) mass is 612 g/mol. The van der Waals surface area contributed by atoms with E-state index < -0.39 is 13.3 Å². The predicted octanol–water partition coefficient (Wildman–Crippen LogP) is 10.4. The van der Waals surface area contributed by atoms with Crippen molar-refractivity contribution in [2.75, 3.05) is 0 Å². The third kappa shape index (κ3) is 5.32. The smallest absolute Gasteiger partial charge is 0.137 e. The SMILES string of the molecule is Cc1cc(CF)c(-c2cnn(-c3cccc(Oc4ccc5c6ccccc6n(-c6cc(C(C)(C)C)ccn6)c5c4)c3)c2)c(CF)c1. The molecule has 0 unspecified atom stereocenters. The lowest BCUT2D eigenvalue weighted by atomic mass is 9.88. The number of alkyl halides is 2. The minimum atomic E-state index is -0.681. The molecule has 0 fully saturated rings. The third-order valence-electron chi connectivity index (χ3n) is 8.41. The van der Waals surface area contributed by atoms with Crippen LogP contribution in [0.4, 0.5) is 8.78 Å². The van der Waals surface area contributed by atoms with Crippen LogP contribution in [-0.2, 0) is 18.8 Å². The molecule has 230 valence electrons. The quantitative estimate of drug-likeness (QED) is 0.180. The van der Waals surface area contributed by atoms with E-state index in [4.69, 9.17) is 9.72 Å². The van der Waals surface area contributed by atoms with E-state index in [1.807, 2.05) is 55.6 Å². The summed E-state index contributed by atoms with van der Waals surface area (Å²) in [6.07, 6.45) is 5.32. The summed E-state index contributed by atoms with van der Waals surface area (Å²) in [6, 6.07) is 29.8. The Morgan fingerprint density at radius 3 is 2.26 bits per heavy atom. The molecule has 0 N–H and O–H groups in total. The fourth-order valence-electron chi connectivity index (χ4n) is 6.21. The summed E-state index contributed by atoms with van der Waals surface area (Å²) in [6.45, 7) is 7.09. The molecule has 0 spiro atoms. The highest BCUT2D eigenvalue weighted by atomic mass is 19.1. The van der Waals surface area contributed by atoms with Gasteiger partial charge in [-0.15, -0.1) is 0 Å². The molecule has 5 nitrogen and oxygen atoms in total. The normalized spacial score (nSPS) is 11.9. The first kappa shape index (κ1) is 29.4. The molecule has 7 rings (SSSR count). The van der Waals surface area contributed by atoms with E-state index in [-0.39, 0.29) is 5.41 Å². The van der Waals surface area contributed by atoms with Crippen molar-refractivity contribution >= 4 is 21.8 Å². The first-order valence-corrected chi connectivity index (χ1v) is 15.3. The molecule has 0 saturated carbocycles. The molecular weight excluding hydrogens is 578 g/mol. The molecule has 0 radical (unpaired) electrons. The highest BCUT2D eigenvalue weighted by Crippen LogP contribution is 2.36. The molecule has 7 aromatic rings. The van der Waals surface area contributed by atoms with Crippen LogP contribution >= 0.6 is 0 Å². The lowest BCUT2D eigenvalue weighted by Gasteiger charge is -2.20. The van der Waals surface area contributed by atoms with Crippen molar-refractivity contribution in [1.82, 2.24) is 19.3 Å². The van der Waals surface area contributed by atoms with E-state index in [9.17, 15) is 8.78 Å². The number of rotatable bonds is 7. The zero-order valence-electron chi connectivity index (χ0n) is 26.3. The maximum absolute atomic E-state index is 13.9. The van der Waals surface area contributed by atoms with Gasteiger partial charge in [-0.05, 0) is 77.1 Å². The molecule has 0 atom stereocenters. The summed E-state index contributed by atoms with van der Waals surface area (Å²) in [5.41, 5.74) is 6.98. The van der Waals surface area contributed by atoms with Crippen LogP contribution in [-0.4, -0.2) is 19.3 Å². The highest BCUT2D eigenvalue weighted by molar-refractivity contribution is 6.09. The van der Waals surface area contributed by atoms with Crippen LogP contribution < -0.4 is 4.74 Å². The Balaban J connectivity index is 1.25. The van der Waals surface area contributed by atoms with Gasteiger partial charge in [0, 0.05) is 40.9 Å². The Kier molecular flexibility index (Phi) is 7.40. The molecule has 3 heterocycles. The van der Waals surface area contributed by atoms with Gasteiger partial charge in [0.2, 0.25) is 0 Å². The molecule has 4 aromatic carbocycles. The maximum Gasteiger partial charge on any atom is 0.137 e. The minimum Gasteiger partial charge on any atom is -0.457 e. The summed E-state index contributed by atoms with van der Waals surface area (Å²) in [4.78, 5) is 4.78. The number of pyridine rings is 1. The number of aryl methyl sites for hydroxylation is 1. The second kappa shape index (κ2) is 11.6. The molecule has 3 aromatic heterocycles. The van der Waals surface area contributed by atoms with E-state index >= 15 is 0 Å². The summed E-state index contributed by atoms with van der Waals surface area (Å²) in [5.74, 6) is 2.17. The van der Waals surface area contributed by atoms with Crippen molar-refractivity contribution in [3.8, 4) is 34.1 Å². The van der Waals surface area contributed by atoms with Crippen LogP contribution in [0.15, 0.2) is 110 Å². The van der Waals surface area contributed by atoms with Crippen LogP contribution in [0.2, 0.25) is 0 Å². The average molecular weight is 613 g/mol. The first-order valence-electron chi connectivity index (χ1n) is 15.3. The maximum atomic E-state index is 13.9. The van der Waals surface area contributed by atoms with Gasteiger partial charge in [-0.3, -0.25) is 4.57 Å². The van der Waals surface area contributed by atoms with E-state index in [0.717, 1.165) is 38.9 Å². The number of hydrogen-bond donors (Lipinski definition) is 0. The van der Waals surface area contributed by atoms with Gasteiger partial charge in [0.25, 0.3) is 0 Å². The number of ether oxygens (including phenoxy) is 1. The second-order valence-corrected chi connectivity index (χ2v) is 12.7. The van der Waals surface area contributed by atoms with Gasteiger partial charge in [0.15, 0.2) is 0 Å². The Bertz CT molecular complexity index is 2200. The Morgan fingerprint density at radius 2 is 1.50 bits per heavy atom. The molecule has 46 heavy (non-hydrogen) atoms. The number of para-hydroxylation sites is 1. The first-order chi connectivity index (χ1) is 22.2. The van der Waals surface area contributed by atoms with Crippen LogP contribution in [0.25, 0.3) is 44.4 Å². The summed E-state index contributed by atoms with van der Waals surface area (Å²) in [5, 5.41) is 6.78. The third-order valence-corrected chi connectivity index (χ3v) is 8.41. The molecule has 0 amide bonds. The van der Waals surface area contributed by atoms with Crippen molar-refractivity contribution in [2.24, 2.45) is 0 Å². The van der Waals surface area contributed by atoms with Crippen LogP contribution in [0.3, 0.4) is 0 Å². The zero-order valence-corrected chi connectivity index (χ0v) is 26.3. The van der Waals surface area contributed by atoms with Gasteiger partial charge in [0.1, 0.15) is 30.7 Å². The van der Waals surface area contributed by atoms with Crippen molar-refractivity contribution < 1.29 is 13.5 Å². The van der Waals surface area contributed by atoms with Crippen molar-refractivity contribution in [2.45, 2.75) is 46.5 Å². The van der Waals surface area contributed by atoms with Gasteiger partial charge in [0.05, 0.1) is 22.9 Å². The topological polar surface area (TPSA) is 44.9 Å². The van der Waals surface area contributed by atoms with Crippen molar-refractivity contribution in [1.29, 1.82) is 0 Å². The van der Waals surface area contributed by atoms with E-state index in [1.165, 1.54) is 5.56 Å². The molecule has 0 aliphatic heterocycles. The number of nitrogens with zero attached hydrogens (tertiary/aromatic N) is 4. The van der Waals surface area contributed by atoms with Crippen LogP contribution in [0.5, 0.6) is 11.5 Å². The molecule has 0 saturated heterocycles. The molecule has 0 aliphatic rings. The Labute approximate surface area is 266 Å². The van der Waals surface area contributed by atoms with E-state index in [1.54, 1.807) is 29.2 Å². The van der Waals surface area contributed by atoms with Crippen LogP contribution in [0.1, 0.15) is 43.0 Å². The van der Waals surface area contributed by atoms with E-state index in [2.05, 4.69) is 66.8 Å². The lowest BCUT2D eigenvalue weighted by molar-refractivity contribution is 0.476. The summed E-state index contributed by atoms with van der Waals surface area (Å²) < 4.78 is 38.2. The van der Waals surface area contributed by atoms with Gasteiger partial charge < -0.3 is 4.74 Å². The molecule has 0 aliphatic carbocycles. The van der Waals surface area contributed by atoms with E-state index in [0.29, 0.717) is 33.8 Å².